The van der Waals surface area contributed by atoms with E-state index in [0.29, 0.717) is 11.9 Å². The van der Waals surface area contributed by atoms with Crippen molar-refractivity contribution in [1.29, 1.82) is 0 Å². The quantitative estimate of drug-likeness (QED) is 0.764. The Morgan fingerprint density at radius 2 is 1.95 bits per heavy atom. The first-order valence-corrected chi connectivity index (χ1v) is 8.49. The van der Waals surface area contributed by atoms with E-state index in [9.17, 15) is 0 Å². The monoisotopic (exact) mass is 294 g/mol. The first-order valence-electron chi connectivity index (χ1n) is 8.49. The Bertz CT molecular complexity index is 399. The molecule has 1 aromatic heterocycles. The minimum atomic E-state index is 0.118. The summed E-state index contributed by atoms with van der Waals surface area (Å²) in [6, 6.07) is 0.673. The zero-order valence-corrected chi connectivity index (χ0v) is 13.7. The number of nitrogens with zero attached hydrogens (tertiary/aromatic N) is 2. The number of nitrogens with one attached hydrogen (secondary N) is 2. The fourth-order valence-corrected chi connectivity index (χ4v) is 2.93. The van der Waals surface area contributed by atoms with Gasteiger partial charge in [-0.05, 0) is 38.1 Å². The lowest BCUT2D eigenvalue weighted by molar-refractivity contribution is 0.281. The lowest BCUT2D eigenvalue weighted by Gasteiger charge is -2.25. The first-order chi connectivity index (χ1) is 10.2. The molecule has 0 aromatic carbocycles. The Hall–Kier alpha value is -1.10. The molecule has 1 saturated carbocycles. The van der Waals surface area contributed by atoms with Crippen LogP contribution in [0.15, 0.2) is 4.42 Å². The van der Waals surface area contributed by atoms with E-state index in [1.165, 1.54) is 32.1 Å². The van der Waals surface area contributed by atoms with E-state index in [-0.39, 0.29) is 6.04 Å². The van der Waals surface area contributed by atoms with Crippen LogP contribution in [0, 0.1) is 11.8 Å². The molecule has 21 heavy (non-hydrogen) atoms. The van der Waals surface area contributed by atoms with Crippen molar-refractivity contribution in [2.24, 2.45) is 11.8 Å². The number of anilines is 1. The average Bonchev–Trinajstić information content (AvgIpc) is 2.96. The molecule has 1 fully saturated rings. The second kappa shape index (κ2) is 8.37. The van der Waals surface area contributed by atoms with Crippen LogP contribution in [-0.4, -0.2) is 23.3 Å². The maximum absolute atomic E-state index is 5.65. The fourth-order valence-electron chi connectivity index (χ4n) is 2.93. The van der Waals surface area contributed by atoms with Gasteiger partial charge in [-0.15, -0.1) is 5.10 Å². The highest BCUT2D eigenvalue weighted by Gasteiger charge is 2.18. The van der Waals surface area contributed by atoms with Gasteiger partial charge >= 0.3 is 6.01 Å². The predicted octanol–water partition coefficient (Wildman–Crippen LogP) is 3.76. The average molecular weight is 294 g/mol. The molecule has 0 saturated heterocycles. The molecule has 1 heterocycles. The van der Waals surface area contributed by atoms with Gasteiger partial charge in [0.05, 0.1) is 6.04 Å². The topological polar surface area (TPSA) is 63.0 Å². The third-order valence-corrected chi connectivity index (χ3v) is 4.48. The minimum absolute atomic E-state index is 0.118. The first kappa shape index (κ1) is 16.3. The maximum Gasteiger partial charge on any atom is 0.315 e. The van der Waals surface area contributed by atoms with Gasteiger partial charge in [0.2, 0.25) is 5.89 Å². The van der Waals surface area contributed by atoms with Gasteiger partial charge in [0.1, 0.15) is 0 Å². The molecule has 0 bridgehead atoms. The van der Waals surface area contributed by atoms with Crippen LogP contribution in [0.25, 0.3) is 0 Å². The summed E-state index contributed by atoms with van der Waals surface area (Å²) >= 11 is 0. The van der Waals surface area contributed by atoms with Gasteiger partial charge in [0.15, 0.2) is 0 Å². The molecular formula is C16H30N4O. The molecular weight excluding hydrogens is 264 g/mol. The highest BCUT2D eigenvalue weighted by atomic mass is 16.4. The van der Waals surface area contributed by atoms with Gasteiger partial charge in [-0.25, -0.2) is 0 Å². The Morgan fingerprint density at radius 3 is 2.67 bits per heavy atom. The van der Waals surface area contributed by atoms with Crippen molar-refractivity contribution in [3.63, 3.8) is 0 Å². The van der Waals surface area contributed by atoms with Crippen molar-refractivity contribution in [3.05, 3.63) is 5.89 Å². The van der Waals surface area contributed by atoms with Crippen molar-refractivity contribution >= 4 is 6.01 Å². The van der Waals surface area contributed by atoms with Crippen LogP contribution in [0.3, 0.4) is 0 Å². The summed E-state index contributed by atoms with van der Waals surface area (Å²) in [5.41, 5.74) is 0. The van der Waals surface area contributed by atoms with Crippen molar-refractivity contribution in [3.8, 4) is 0 Å². The normalized spacial score (nSPS) is 24.0. The predicted molar refractivity (Wildman–Crippen MR) is 85.2 cm³/mol. The second-order valence-electron chi connectivity index (χ2n) is 6.46. The molecule has 0 spiro atoms. The largest absolute Gasteiger partial charge is 0.406 e. The third-order valence-electron chi connectivity index (χ3n) is 4.48. The van der Waals surface area contributed by atoms with Crippen LogP contribution in [0.2, 0.25) is 0 Å². The number of hydrogen-bond donors (Lipinski definition) is 2. The Morgan fingerprint density at radius 1 is 1.19 bits per heavy atom. The number of aromatic nitrogens is 2. The molecule has 1 atom stereocenters. The molecule has 0 aliphatic heterocycles. The van der Waals surface area contributed by atoms with Crippen molar-refractivity contribution in [1.82, 2.24) is 15.5 Å². The van der Waals surface area contributed by atoms with E-state index in [1.807, 2.05) is 0 Å². The number of rotatable bonds is 8. The van der Waals surface area contributed by atoms with E-state index in [2.05, 4.69) is 41.6 Å². The van der Waals surface area contributed by atoms with Crippen LogP contribution in [0.1, 0.15) is 71.2 Å². The third kappa shape index (κ3) is 5.30. The van der Waals surface area contributed by atoms with E-state index >= 15 is 0 Å². The Labute approximate surface area is 128 Å². The van der Waals surface area contributed by atoms with Crippen LogP contribution < -0.4 is 10.6 Å². The fraction of sp³-hybridized carbons (Fsp3) is 0.875. The van der Waals surface area contributed by atoms with Crippen LogP contribution in [0.4, 0.5) is 6.01 Å². The minimum Gasteiger partial charge on any atom is -0.406 e. The van der Waals surface area contributed by atoms with E-state index in [1.54, 1.807) is 0 Å². The maximum atomic E-state index is 5.65. The van der Waals surface area contributed by atoms with Gasteiger partial charge in [-0.1, -0.05) is 44.6 Å². The van der Waals surface area contributed by atoms with Gasteiger partial charge in [-0.2, -0.15) is 0 Å². The highest BCUT2D eigenvalue weighted by molar-refractivity contribution is 5.17. The molecule has 1 aliphatic carbocycles. The summed E-state index contributed by atoms with van der Waals surface area (Å²) in [7, 11) is 0. The standard InChI is InChI=1S/C16H30N4O/c1-4-10-17-13(3)15-19-20-16(21-15)18-11-9-14-7-5-12(2)6-8-14/h12-14,17H,4-11H2,1-3H3,(H,18,20). The highest BCUT2D eigenvalue weighted by Crippen LogP contribution is 2.30. The molecule has 1 unspecified atom stereocenters. The molecule has 0 amide bonds. The lowest BCUT2D eigenvalue weighted by atomic mass is 9.81. The SMILES string of the molecule is CCCNC(C)c1nnc(NCCC2CCC(C)CC2)o1. The van der Waals surface area contributed by atoms with Gasteiger partial charge < -0.3 is 15.1 Å². The molecule has 5 heteroatoms. The molecule has 5 nitrogen and oxygen atoms in total. The Kier molecular flexibility index (Phi) is 6.49. The molecule has 1 aliphatic rings. The van der Waals surface area contributed by atoms with Crippen molar-refractivity contribution in [2.75, 3.05) is 18.4 Å². The summed E-state index contributed by atoms with van der Waals surface area (Å²) < 4.78 is 5.65. The zero-order valence-electron chi connectivity index (χ0n) is 13.7. The van der Waals surface area contributed by atoms with Crippen LogP contribution in [0.5, 0.6) is 0 Å². The zero-order chi connectivity index (χ0) is 15.1. The number of hydrogen-bond acceptors (Lipinski definition) is 5. The summed E-state index contributed by atoms with van der Waals surface area (Å²) in [6.45, 7) is 8.45. The second-order valence-corrected chi connectivity index (χ2v) is 6.46. The lowest BCUT2D eigenvalue weighted by Crippen LogP contribution is -2.19. The summed E-state index contributed by atoms with van der Waals surface area (Å²) in [5.74, 6) is 2.45. The van der Waals surface area contributed by atoms with Gasteiger partial charge in [0.25, 0.3) is 0 Å². The smallest absolute Gasteiger partial charge is 0.315 e. The van der Waals surface area contributed by atoms with Gasteiger partial charge in [0, 0.05) is 6.54 Å². The Balaban J connectivity index is 1.68. The van der Waals surface area contributed by atoms with E-state index < -0.39 is 0 Å². The van der Waals surface area contributed by atoms with Crippen LogP contribution >= 0.6 is 0 Å². The van der Waals surface area contributed by atoms with E-state index in [4.69, 9.17) is 4.42 Å². The molecule has 2 N–H and O–H groups in total. The van der Waals surface area contributed by atoms with Crippen molar-refractivity contribution in [2.45, 2.75) is 65.3 Å². The van der Waals surface area contributed by atoms with Crippen LogP contribution in [-0.2, 0) is 0 Å². The molecule has 0 radical (unpaired) electrons. The summed E-state index contributed by atoms with van der Waals surface area (Å²) in [5, 5.41) is 14.8. The molecule has 2 rings (SSSR count). The van der Waals surface area contributed by atoms with E-state index in [0.717, 1.165) is 31.3 Å². The summed E-state index contributed by atoms with van der Waals surface area (Å²) in [4.78, 5) is 0. The van der Waals surface area contributed by atoms with Gasteiger partial charge in [-0.3, -0.25) is 0 Å². The molecule has 1 aromatic rings. The summed E-state index contributed by atoms with van der Waals surface area (Å²) in [6.07, 6.45) is 7.81. The van der Waals surface area contributed by atoms with Crippen molar-refractivity contribution < 1.29 is 4.42 Å². The molecule has 120 valence electrons.